The fourth-order valence-corrected chi connectivity index (χ4v) is 1.64. The van der Waals surface area contributed by atoms with Crippen molar-refractivity contribution >= 4 is 23.5 Å². The van der Waals surface area contributed by atoms with E-state index in [0.29, 0.717) is 11.6 Å². The predicted octanol–water partition coefficient (Wildman–Crippen LogP) is 2.43. The summed E-state index contributed by atoms with van der Waals surface area (Å²) in [5.41, 5.74) is 0.0993. The monoisotopic (exact) mass is 287 g/mol. The van der Waals surface area contributed by atoms with Gasteiger partial charge in [0.2, 0.25) is 0 Å². The third-order valence-corrected chi connectivity index (χ3v) is 2.61. The molecule has 7 nitrogen and oxygen atoms in total. The number of nitrogens with one attached hydrogen (secondary N) is 2. The quantitative estimate of drug-likeness (QED) is 0.801. The number of hydrogen-bond donors (Lipinski definition) is 3. The number of benzene rings is 1. The highest BCUT2D eigenvalue weighted by Crippen LogP contribution is 2.22. The number of carboxylic acids is 1. The number of aromatic carboxylic acids is 1. The predicted molar refractivity (Wildman–Crippen MR) is 76.8 cm³/mol. The number of ether oxygens (including phenoxy) is 1. The Morgan fingerprint density at radius 2 is 2.00 bits per heavy atom. The molecule has 1 aromatic carbocycles. The lowest BCUT2D eigenvalue weighted by atomic mass is 10.1. The first-order chi connectivity index (χ1) is 10.1. The number of carbonyl (C=O) groups excluding carboxylic acids is 1. The van der Waals surface area contributed by atoms with Gasteiger partial charge in [0.15, 0.2) is 0 Å². The number of pyridine rings is 1. The van der Waals surface area contributed by atoms with Crippen molar-refractivity contribution in [3.05, 3.63) is 48.2 Å². The Morgan fingerprint density at radius 3 is 2.62 bits per heavy atom. The van der Waals surface area contributed by atoms with Crippen molar-refractivity contribution in [3.8, 4) is 5.75 Å². The largest absolute Gasteiger partial charge is 0.497 e. The third kappa shape index (κ3) is 3.69. The highest BCUT2D eigenvalue weighted by atomic mass is 16.5. The Hall–Kier alpha value is -3.09. The number of carboxylic acid groups (broad SMARTS) is 1. The van der Waals surface area contributed by atoms with Gasteiger partial charge in [-0.05, 0) is 30.3 Å². The van der Waals surface area contributed by atoms with Gasteiger partial charge in [-0.15, -0.1) is 0 Å². The first-order valence-corrected chi connectivity index (χ1v) is 6.00. The van der Waals surface area contributed by atoms with Crippen molar-refractivity contribution in [1.82, 2.24) is 4.98 Å². The van der Waals surface area contributed by atoms with Crippen LogP contribution in [0.15, 0.2) is 42.6 Å². The number of hydrogen-bond acceptors (Lipinski definition) is 4. The van der Waals surface area contributed by atoms with E-state index in [4.69, 9.17) is 9.84 Å². The SMILES string of the molecule is COc1ccc(NC(=O)Nc2ccccn2)c(C(=O)O)c1. The number of urea groups is 1. The van der Waals surface area contributed by atoms with Crippen LogP contribution in [0.5, 0.6) is 5.75 Å². The van der Waals surface area contributed by atoms with Gasteiger partial charge in [0.25, 0.3) is 0 Å². The van der Waals surface area contributed by atoms with Gasteiger partial charge < -0.3 is 15.2 Å². The number of anilines is 2. The number of amides is 2. The summed E-state index contributed by atoms with van der Waals surface area (Å²) in [5.74, 6) is -0.412. The summed E-state index contributed by atoms with van der Waals surface area (Å²) >= 11 is 0. The minimum Gasteiger partial charge on any atom is -0.497 e. The number of carbonyl (C=O) groups is 2. The van der Waals surface area contributed by atoms with E-state index in [1.807, 2.05) is 0 Å². The molecule has 21 heavy (non-hydrogen) atoms. The van der Waals surface area contributed by atoms with Crippen LogP contribution < -0.4 is 15.4 Å². The smallest absolute Gasteiger partial charge is 0.337 e. The molecule has 0 saturated heterocycles. The molecule has 1 heterocycles. The van der Waals surface area contributed by atoms with Gasteiger partial charge >= 0.3 is 12.0 Å². The van der Waals surface area contributed by atoms with Crippen LogP contribution in [0.4, 0.5) is 16.3 Å². The molecule has 108 valence electrons. The molecule has 0 saturated carbocycles. The maximum atomic E-state index is 11.8. The summed E-state index contributed by atoms with van der Waals surface area (Å²) in [6.45, 7) is 0. The Kier molecular flexibility index (Phi) is 4.35. The molecule has 1 aromatic heterocycles. The van der Waals surface area contributed by atoms with Gasteiger partial charge in [-0.25, -0.2) is 14.6 Å². The Balaban J connectivity index is 2.15. The topological polar surface area (TPSA) is 101 Å². The zero-order valence-corrected chi connectivity index (χ0v) is 11.2. The molecular weight excluding hydrogens is 274 g/mol. The van der Waals surface area contributed by atoms with Crippen LogP contribution in [0.2, 0.25) is 0 Å². The maximum Gasteiger partial charge on any atom is 0.337 e. The summed E-state index contributed by atoms with van der Waals surface area (Å²) < 4.78 is 4.96. The molecule has 7 heteroatoms. The summed E-state index contributed by atoms with van der Waals surface area (Å²) in [6.07, 6.45) is 1.53. The van der Waals surface area contributed by atoms with Crippen molar-refractivity contribution in [3.63, 3.8) is 0 Å². The van der Waals surface area contributed by atoms with E-state index < -0.39 is 12.0 Å². The van der Waals surface area contributed by atoms with Crippen LogP contribution in [0.3, 0.4) is 0 Å². The van der Waals surface area contributed by atoms with E-state index in [9.17, 15) is 9.59 Å². The Labute approximate surface area is 120 Å². The summed E-state index contributed by atoms with van der Waals surface area (Å²) in [7, 11) is 1.43. The van der Waals surface area contributed by atoms with E-state index in [2.05, 4.69) is 15.6 Å². The average Bonchev–Trinajstić information content (AvgIpc) is 2.48. The summed E-state index contributed by atoms with van der Waals surface area (Å²) in [6, 6.07) is 8.82. The second-order valence-electron chi connectivity index (χ2n) is 4.01. The molecule has 0 fully saturated rings. The second kappa shape index (κ2) is 6.38. The van der Waals surface area contributed by atoms with E-state index in [1.165, 1.54) is 25.4 Å². The highest BCUT2D eigenvalue weighted by Gasteiger charge is 2.14. The van der Waals surface area contributed by atoms with E-state index in [0.717, 1.165) is 0 Å². The normalized spacial score (nSPS) is 9.76. The molecular formula is C14H13N3O4. The van der Waals surface area contributed by atoms with Crippen LogP contribution >= 0.6 is 0 Å². The first kappa shape index (κ1) is 14.3. The first-order valence-electron chi connectivity index (χ1n) is 6.00. The van der Waals surface area contributed by atoms with Crippen molar-refractivity contribution in [2.24, 2.45) is 0 Å². The van der Waals surface area contributed by atoms with Gasteiger partial charge in [-0.1, -0.05) is 6.07 Å². The highest BCUT2D eigenvalue weighted by molar-refractivity contribution is 6.04. The maximum absolute atomic E-state index is 11.8. The number of rotatable bonds is 4. The van der Waals surface area contributed by atoms with E-state index >= 15 is 0 Å². The molecule has 2 rings (SSSR count). The number of methoxy groups -OCH3 is 1. The standard InChI is InChI=1S/C14H13N3O4/c1-21-9-5-6-11(10(8-9)13(18)19)16-14(20)17-12-4-2-3-7-15-12/h2-8H,1H3,(H,18,19)(H2,15,16,17,20). The van der Waals surface area contributed by atoms with Gasteiger partial charge in [0, 0.05) is 6.20 Å². The van der Waals surface area contributed by atoms with Crippen molar-refractivity contribution < 1.29 is 19.4 Å². The number of aromatic nitrogens is 1. The molecule has 0 unspecified atom stereocenters. The molecule has 2 aromatic rings. The van der Waals surface area contributed by atoms with Gasteiger partial charge in [0.05, 0.1) is 18.4 Å². The number of nitrogens with zero attached hydrogens (tertiary/aromatic N) is 1. The van der Waals surface area contributed by atoms with Gasteiger partial charge in [-0.3, -0.25) is 5.32 Å². The molecule has 0 aliphatic rings. The molecule has 0 radical (unpaired) electrons. The van der Waals surface area contributed by atoms with Crippen molar-refractivity contribution in [2.75, 3.05) is 17.7 Å². The minimum atomic E-state index is -1.16. The Morgan fingerprint density at radius 1 is 1.19 bits per heavy atom. The molecule has 0 aliphatic heterocycles. The molecule has 0 bridgehead atoms. The lowest BCUT2D eigenvalue weighted by Crippen LogP contribution is -2.21. The zero-order valence-electron chi connectivity index (χ0n) is 11.2. The summed E-state index contributed by atoms with van der Waals surface area (Å²) in [4.78, 5) is 27.0. The molecule has 3 N–H and O–H groups in total. The second-order valence-corrected chi connectivity index (χ2v) is 4.01. The van der Waals surface area contributed by atoms with Crippen molar-refractivity contribution in [2.45, 2.75) is 0 Å². The van der Waals surface area contributed by atoms with Crippen LogP contribution in [-0.4, -0.2) is 29.2 Å². The third-order valence-electron chi connectivity index (χ3n) is 2.61. The van der Waals surface area contributed by atoms with Crippen molar-refractivity contribution in [1.29, 1.82) is 0 Å². The zero-order chi connectivity index (χ0) is 15.2. The van der Waals surface area contributed by atoms with Gasteiger partial charge in [0.1, 0.15) is 11.6 Å². The molecule has 0 aliphatic carbocycles. The Bertz CT molecular complexity index is 659. The van der Waals surface area contributed by atoms with Crippen LogP contribution in [0.25, 0.3) is 0 Å². The molecule has 0 atom stereocenters. The fourth-order valence-electron chi connectivity index (χ4n) is 1.64. The minimum absolute atomic E-state index is 0.0643. The van der Waals surface area contributed by atoms with Crippen LogP contribution in [-0.2, 0) is 0 Å². The molecule has 2 amide bonds. The van der Waals surface area contributed by atoms with E-state index in [1.54, 1.807) is 24.3 Å². The van der Waals surface area contributed by atoms with Crippen LogP contribution in [0, 0.1) is 0 Å². The van der Waals surface area contributed by atoms with E-state index in [-0.39, 0.29) is 11.3 Å². The summed E-state index contributed by atoms with van der Waals surface area (Å²) in [5, 5.41) is 14.1. The average molecular weight is 287 g/mol. The fraction of sp³-hybridized carbons (Fsp3) is 0.0714. The lowest BCUT2D eigenvalue weighted by molar-refractivity contribution is 0.0697. The van der Waals surface area contributed by atoms with Crippen LogP contribution in [0.1, 0.15) is 10.4 Å². The molecule has 0 spiro atoms. The lowest BCUT2D eigenvalue weighted by Gasteiger charge is -2.10. The van der Waals surface area contributed by atoms with Gasteiger partial charge in [-0.2, -0.15) is 0 Å².